The van der Waals surface area contributed by atoms with Gasteiger partial charge in [-0.25, -0.2) is 0 Å². The Balaban J connectivity index is 1.81. The Morgan fingerprint density at radius 2 is 1.89 bits per heavy atom. The highest BCUT2D eigenvalue weighted by molar-refractivity contribution is 5.95. The number of hydrogen-bond donors (Lipinski definition) is 1. The van der Waals surface area contributed by atoms with E-state index in [4.69, 9.17) is 4.74 Å². The minimum atomic E-state index is -0.256. The summed E-state index contributed by atoms with van der Waals surface area (Å²) in [6, 6.07) is -0.154. The van der Waals surface area contributed by atoms with Crippen LogP contribution in [0.3, 0.4) is 0 Å². The van der Waals surface area contributed by atoms with Gasteiger partial charge in [-0.05, 0) is 25.2 Å². The molecule has 1 saturated carbocycles. The van der Waals surface area contributed by atoms with Crippen LogP contribution in [-0.4, -0.2) is 48.6 Å². The Morgan fingerprint density at radius 3 is 2.58 bits per heavy atom. The maximum atomic E-state index is 12.3. The number of carbonyl (C=O) groups is 2. The zero-order chi connectivity index (χ0) is 13.2. The highest BCUT2D eigenvalue weighted by Gasteiger charge is 2.44. The third kappa shape index (κ3) is 2.48. The summed E-state index contributed by atoms with van der Waals surface area (Å²) in [5.41, 5.74) is 0. The molecule has 0 bridgehead atoms. The van der Waals surface area contributed by atoms with Gasteiger partial charge in [0.1, 0.15) is 6.04 Å². The highest BCUT2D eigenvalue weighted by atomic mass is 16.5. The fourth-order valence-electron chi connectivity index (χ4n) is 3.70. The van der Waals surface area contributed by atoms with Crippen molar-refractivity contribution in [1.82, 2.24) is 10.2 Å². The molecule has 3 aliphatic rings. The number of nitrogens with zero attached hydrogens (tertiary/aromatic N) is 1. The summed E-state index contributed by atoms with van der Waals surface area (Å²) < 4.78 is 5.40. The fraction of sp³-hybridized carbons (Fsp3) is 0.857. The van der Waals surface area contributed by atoms with Crippen molar-refractivity contribution in [1.29, 1.82) is 0 Å². The van der Waals surface area contributed by atoms with Crippen LogP contribution in [0.25, 0.3) is 0 Å². The van der Waals surface area contributed by atoms with E-state index in [0.29, 0.717) is 19.1 Å². The summed E-state index contributed by atoms with van der Waals surface area (Å²) in [5.74, 6) is 0.433. The van der Waals surface area contributed by atoms with Gasteiger partial charge >= 0.3 is 0 Å². The summed E-state index contributed by atoms with van der Waals surface area (Å²) in [6.07, 6.45) is 6.60. The Labute approximate surface area is 113 Å². The Kier molecular flexibility index (Phi) is 3.73. The smallest absolute Gasteiger partial charge is 0.243 e. The van der Waals surface area contributed by atoms with Gasteiger partial charge in [0.15, 0.2) is 0 Å². The van der Waals surface area contributed by atoms with Crippen LogP contribution in [0, 0.1) is 5.92 Å². The minimum Gasteiger partial charge on any atom is -0.379 e. The first-order chi connectivity index (χ1) is 9.27. The topological polar surface area (TPSA) is 58.6 Å². The van der Waals surface area contributed by atoms with Crippen molar-refractivity contribution >= 4 is 11.8 Å². The number of carbonyl (C=O) groups excluding carboxylic acids is 2. The van der Waals surface area contributed by atoms with Crippen molar-refractivity contribution in [2.75, 3.05) is 19.8 Å². The quantitative estimate of drug-likeness (QED) is 0.799. The van der Waals surface area contributed by atoms with Gasteiger partial charge < -0.3 is 15.0 Å². The molecule has 2 atom stereocenters. The van der Waals surface area contributed by atoms with E-state index in [0.717, 1.165) is 19.3 Å². The molecule has 2 amide bonds. The number of piperazine rings is 1. The Bertz CT molecular complexity index is 360. The maximum Gasteiger partial charge on any atom is 0.243 e. The predicted molar refractivity (Wildman–Crippen MR) is 69.4 cm³/mol. The largest absolute Gasteiger partial charge is 0.379 e. The second-order valence-electron chi connectivity index (χ2n) is 5.88. The van der Waals surface area contributed by atoms with Gasteiger partial charge in [0, 0.05) is 6.61 Å². The molecule has 0 aromatic heterocycles. The van der Waals surface area contributed by atoms with E-state index in [1.165, 1.54) is 19.3 Å². The molecule has 1 N–H and O–H groups in total. The molecule has 2 heterocycles. The van der Waals surface area contributed by atoms with E-state index < -0.39 is 0 Å². The molecule has 3 fully saturated rings. The monoisotopic (exact) mass is 266 g/mol. The lowest BCUT2D eigenvalue weighted by atomic mass is 9.81. The summed E-state index contributed by atoms with van der Waals surface area (Å²) in [4.78, 5) is 26.3. The second kappa shape index (κ2) is 5.49. The highest BCUT2D eigenvalue weighted by Crippen LogP contribution is 2.32. The zero-order valence-corrected chi connectivity index (χ0v) is 11.3. The van der Waals surface area contributed by atoms with Gasteiger partial charge in [-0.1, -0.05) is 19.3 Å². The van der Waals surface area contributed by atoms with Gasteiger partial charge in [-0.3, -0.25) is 9.59 Å². The zero-order valence-electron chi connectivity index (χ0n) is 11.3. The number of ether oxygens (including phenoxy) is 1. The molecule has 0 aromatic rings. The normalized spacial score (nSPS) is 33.6. The first-order valence-corrected chi connectivity index (χ1v) is 7.44. The molecule has 2 aliphatic heterocycles. The van der Waals surface area contributed by atoms with Gasteiger partial charge in [0.05, 0.1) is 19.2 Å². The van der Waals surface area contributed by atoms with Crippen LogP contribution in [-0.2, 0) is 14.3 Å². The molecular formula is C14H22N2O3. The molecule has 2 unspecified atom stereocenters. The number of nitrogens with one attached hydrogen (secondary N) is 1. The van der Waals surface area contributed by atoms with Crippen LogP contribution >= 0.6 is 0 Å². The summed E-state index contributed by atoms with van der Waals surface area (Å²) in [6.45, 7) is 1.44. The van der Waals surface area contributed by atoms with E-state index in [1.54, 1.807) is 0 Å². The standard InChI is InChI=1S/C14H22N2O3/c17-12-8-15-14(18)13(10-4-2-1-3-5-10)16(12)11-6-7-19-9-11/h10-11,13H,1-9H2,(H,15,18). The van der Waals surface area contributed by atoms with Crippen LogP contribution in [0.2, 0.25) is 0 Å². The van der Waals surface area contributed by atoms with Gasteiger partial charge in [0.2, 0.25) is 11.8 Å². The molecule has 3 rings (SSSR count). The first kappa shape index (κ1) is 12.9. The summed E-state index contributed by atoms with van der Waals surface area (Å²) >= 11 is 0. The molecule has 2 saturated heterocycles. The predicted octanol–water partition coefficient (Wildman–Crippen LogP) is 0.683. The SMILES string of the molecule is O=C1NCC(=O)N(C2CCOC2)C1C1CCCCC1. The molecule has 106 valence electrons. The second-order valence-corrected chi connectivity index (χ2v) is 5.88. The molecule has 5 heteroatoms. The summed E-state index contributed by atoms with van der Waals surface area (Å²) in [5, 5.41) is 2.76. The van der Waals surface area contributed by atoms with Crippen molar-refractivity contribution in [3.8, 4) is 0 Å². The van der Waals surface area contributed by atoms with E-state index in [-0.39, 0.29) is 30.4 Å². The average Bonchev–Trinajstić information content (AvgIpc) is 2.96. The first-order valence-electron chi connectivity index (χ1n) is 7.44. The van der Waals surface area contributed by atoms with Crippen LogP contribution in [0.5, 0.6) is 0 Å². The molecular weight excluding hydrogens is 244 g/mol. The fourth-order valence-corrected chi connectivity index (χ4v) is 3.70. The number of rotatable bonds is 2. The molecule has 19 heavy (non-hydrogen) atoms. The maximum absolute atomic E-state index is 12.3. The van der Waals surface area contributed by atoms with Crippen LogP contribution in [0.4, 0.5) is 0 Å². The van der Waals surface area contributed by atoms with Crippen molar-refractivity contribution in [2.24, 2.45) is 5.92 Å². The van der Waals surface area contributed by atoms with Crippen molar-refractivity contribution < 1.29 is 14.3 Å². The Morgan fingerprint density at radius 1 is 1.11 bits per heavy atom. The lowest BCUT2D eigenvalue weighted by molar-refractivity contribution is -0.151. The molecule has 1 aliphatic carbocycles. The minimum absolute atomic E-state index is 0.0402. The molecule has 0 spiro atoms. The van der Waals surface area contributed by atoms with Gasteiger partial charge in [-0.15, -0.1) is 0 Å². The molecule has 0 radical (unpaired) electrons. The molecule has 0 aromatic carbocycles. The van der Waals surface area contributed by atoms with Gasteiger partial charge in [-0.2, -0.15) is 0 Å². The lowest BCUT2D eigenvalue weighted by Crippen LogP contribution is -2.64. The van der Waals surface area contributed by atoms with Crippen molar-refractivity contribution in [3.63, 3.8) is 0 Å². The van der Waals surface area contributed by atoms with Crippen molar-refractivity contribution in [3.05, 3.63) is 0 Å². The third-order valence-corrected chi connectivity index (χ3v) is 4.67. The van der Waals surface area contributed by atoms with E-state index in [2.05, 4.69) is 5.32 Å². The summed E-state index contributed by atoms with van der Waals surface area (Å²) in [7, 11) is 0. The number of amides is 2. The van der Waals surface area contributed by atoms with Gasteiger partial charge in [0.25, 0.3) is 0 Å². The average molecular weight is 266 g/mol. The van der Waals surface area contributed by atoms with E-state index in [1.807, 2.05) is 4.90 Å². The van der Waals surface area contributed by atoms with Crippen LogP contribution < -0.4 is 5.32 Å². The van der Waals surface area contributed by atoms with Crippen LogP contribution in [0.15, 0.2) is 0 Å². The number of hydrogen-bond acceptors (Lipinski definition) is 3. The molecule has 5 nitrogen and oxygen atoms in total. The van der Waals surface area contributed by atoms with E-state index in [9.17, 15) is 9.59 Å². The lowest BCUT2D eigenvalue weighted by Gasteiger charge is -2.43. The van der Waals surface area contributed by atoms with Crippen LogP contribution in [0.1, 0.15) is 38.5 Å². The Hall–Kier alpha value is -1.10. The van der Waals surface area contributed by atoms with E-state index >= 15 is 0 Å². The third-order valence-electron chi connectivity index (χ3n) is 4.67. The van der Waals surface area contributed by atoms with Crippen molar-refractivity contribution in [2.45, 2.75) is 50.6 Å².